The van der Waals surface area contributed by atoms with Crippen molar-refractivity contribution < 1.29 is 4.43 Å². The number of hydrogen-bond acceptors (Lipinski definition) is 2. The predicted molar refractivity (Wildman–Crippen MR) is 68.7 cm³/mol. The van der Waals surface area contributed by atoms with Gasteiger partial charge in [-0.3, -0.25) is 0 Å². The summed E-state index contributed by atoms with van der Waals surface area (Å²) >= 11 is 0. The third-order valence-electron chi connectivity index (χ3n) is 3.89. The summed E-state index contributed by atoms with van der Waals surface area (Å²) in [6.45, 7) is 15.9. The topological polar surface area (TPSA) is 21.3 Å². The lowest BCUT2D eigenvalue weighted by Gasteiger charge is -2.37. The van der Waals surface area contributed by atoms with Crippen molar-refractivity contribution in [2.45, 2.75) is 58.3 Å². The van der Waals surface area contributed by atoms with Crippen LogP contribution >= 0.6 is 0 Å². The van der Waals surface area contributed by atoms with Crippen LogP contribution in [0.25, 0.3) is 0 Å². The van der Waals surface area contributed by atoms with Gasteiger partial charge in [-0.05, 0) is 37.0 Å². The van der Waals surface area contributed by atoms with Crippen LogP contribution in [0.4, 0.5) is 0 Å². The maximum absolute atomic E-state index is 6.20. The van der Waals surface area contributed by atoms with Gasteiger partial charge in [-0.15, -0.1) is 0 Å². The minimum Gasteiger partial charge on any atom is -0.415 e. The second-order valence-corrected chi connectivity index (χ2v) is 11.3. The third-order valence-corrected chi connectivity index (χ3v) is 8.39. The lowest BCUT2D eigenvalue weighted by Crippen LogP contribution is -2.43. The Morgan fingerprint density at radius 2 is 1.93 bits per heavy atom. The van der Waals surface area contributed by atoms with E-state index in [9.17, 15) is 0 Å². The van der Waals surface area contributed by atoms with Gasteiger partial charge in [0.2, 0.25) is 0 Å². The van der Waals surface area contributed by atoms with Crippen LogP contribution in [0.1, 0.15) is 34.1 Å². The molecule has 0 aromatic rings. The maximum atomic E-state index is 6.20. The molecule has 1 aliphatic rings. The summed E-state index contributed by atoms with van der Waals surface area (Å²) in [5.74, 6) is 0.818. The van der Waals surface area contributed by atoms with Gasteiger partial charge < -0.3 is 9.74 Å². The molecule has 0 radical (unpaired) electrons. The first-order chi connectivity index (χ1) is 6.72. The SMILES string of the molecule is C[C@@H]1CN[C@H](CO[Si](C)(C)C(C)(C)C)C1. The molecular weight excluding hydrogens is 202 g/mol. The van der Waals surface area contributed by atoms with Crippen LogP contribution in [0.2, 0.25) is 18.1 Å². The second-order valence-electron chi connectivity index (χ2n) is 6.52. The molecule has 0 bridgehead atoms. The van der Waals surface area contributed by atoms with E-state index >= 15 is 0 Å². The maximum Gasteiger partial charge on any atom is 0.192 e. The zero-order chi connectivity index (χ0) is 11.7. The molecule has 0 aromatic carbocycles. The average Bonchev–Trinajstić information content (AvgIpc) is 2.46. The van der Waals surface area contributed by atoms with Gasteiger partial charge in [0.1, 0.15) is 0 Å². The van der Waals surface area contributed by atoms with Gasteiger partial charge in [0.15, 0.2) is 8.32 Å². The van der Waals surface area contributed by atoms with Crippen molar-refractivity contribution >= 4 is 8.32 Å². The molecule has 1 aliphatic heterocycles. The fraction of sp³-hybridized carbons (Fsp3) is 1.00. The Balaban J connectivity index is 2.36. The van der Waals surface area contributed by atoms with Gasteiger partial charge in [-0.25, -0.2) is 0 Å². The molecule has 0 spiro atoms. The highest BCUT2D eigenvalue weighted by Gasteiger charge is 2.37. The van der Waals surface area contributed by atoms with E-state index in [1.54, 1.807) is 0 Å². The first-order valence-corrected chi connectivity index (χ1v) is 9.00. The minimum atomic E-state index is -1.53. The molecule has 1 heterocycles. The summed E-state index contributed by atoms with van der Waals surface area (Å²) in [4.78, 5) is 0. The monoisotopic (exact) mass is 229 g/mol. The van der Waals surface area contributed by atoms with E-state index in [2.05, 4.69) is 46.1 Å². The Morgan fingerprint density at radius 3 is 2.33 bits per heavy atom. The van der Waals surface area contributed by atoms with E-state index in [4.69, 9.17) is 4.43 Å². The van der Waals surface area contributed by atoms with Crippen LogP contribution in [0.3, 0.4) is 0 Å². The summed E-state index contributed by atoms with van der Waals surface area (Å²) < 4.78 is 6.20. The van der Waals surface area contributed by atoms with E-state index in [0.29, 0.717) is 11.1 Å². The van der Waals surface area contributed by atoms with Crippen LogP contribution in [0.15, 0.2) is 0 Å². The molecule has 2 atom stereocenters. The number of nitrogens with one attached hydrogen (secondary N) is 1. The lowest BCUT2D eigenvalue weighted by atomic mass is 10.1. The van der Waals surface area contributed by atoms with E-state index in [-0.39, 0.29) is 0 Å². The molecule has 90 valence electrons. The van der Waals surface area contributed by atoms with E-state index in [1.807, 2.05) is 0 Å². The second kappa shape index (κ2) is 4.56. The van der Waals surface area contributed by atoms with E-state index < -0.39 is 8.32 Å². The van der Waals surface area contributed by atoms with Gasteiger partial charge in [0, 0.05) is 12.6 Å². The molecule has 2 nitrogen and oxygen atoms in total. The summed E-state index contributed by atoms with van der Waals surface area (Å²) in [5, 5.41) is 3.86. The molecular formula is C12H27NOSi. The smallest absolute Gasteiger partial charge is 0.192 e. The fourth-order valence-electron chi connectivity index (χ4n) is 1.67. The largest absolute Gasteiger partial charge is 0.415 e. The fourth-order valence-corrected chi connectivity index (χ4v) is 2.72. The molecule has 3 heteroatoms. The highest BCUT2D eigenvalue weighted by atomic mass is 28.4. The van der Waals surface area contributed by atoms with Crippen molar-refractivity contribution in [3.05, 3.63) is 0 Å². The van der Waals surface area contributed by atoms with Crippen molar-refractivity contribution in [2.75, 3.05) is 13.2 Å². The first kappa shape index (κ1) is 13.2. The molecule has 1 N–H and O–H groups in total. The van der Waals surface area contributed by atoms with Gasteiger partial charge in [-0.2, -0.15) is 0 Å². The van der Waals surface area contributed by atoms with Gasteiger partial charge in [-0.1, -0.05) is 27.7 Å². The van der Waals surface area contributed by atoms with Crippen molar-refractivity contribution in [3.63, 3.8) is 0 Å². The van der Waals surface area contributed by atoms with Crippen molar-refractivity contribution in [1.82, 2.24) is 5.32 Å². The first-order valence-electron chi connectivity index (χ1n) is 6.10. The van der Waals surface area contributed by atoms with Crippen LogP contribution in [0, 0.1) is 5.92 Å². The molecule has 0 aromatic heterocycles. The van der Waals surface area contributed by atoms with Crippen molar-refractivity contribution in [3.8, 4) is 0 Å². The van der Waals surface area contributed by atoms with Gasteiger partial charge in [0.25, 0.3) is 0 Å². The highest BCUT2D eigenvalue weighted by Crippen LogP contribution is 2.36. The van der Waals surface area contributed by atoms with Crippen LogP contribution < -0.4 is 5.32 Å². The summed E-state index contributed by atoms with van der Waals surface area (Å²) in [7, 11) is -1.53. The van der Waals surface area contributed by atoms with Crippen LogP contribution in [0.5, 0.6) is 0 Å². The van der Waals surface area contributed by atoms with Crippen molar-refractivity contribution in [1.29, 1.82) is 0 Å². The van der Waals surface area contributed by atoms with Gasteiger partial charge in [0.05, 0.1) is 0 Å². The predicted octanol–water partition coefficient (Wildman–Crippen LogP) is 3.01. The zero-order valence-electron chi connectivity index (χ0n) is 11.2. The Bertz CT molecular complexity index is 210. The van der Waals surface area contributed by atoms with Crippen LogP contribution in [-0.2, 0) is 4.43 Å². The summed E-state index contributed by atoms with van der Waals surface area (Å²) in [5.41, 5.74) is 0. The molecule has 15 heavy (non-hydrogen) atoms. The summed E-state index contributed by atoms with van der Waals surface area (Å²) in [6.07, 6.45) is 1.27. The molecule has 0 unspecified atom stereocenters. The summed E-state index contributed by atoms with van der Waals surface area (Å²) in [6, 6.07) is 0.592. The third kappa shape index (κ3) is 3.57. The molecule has 0 amide bonds. The normalized spacial score (nSPS) is 28.4. The zero-order valence-corrected chi connectivity index (χ0v) is 12.2. The van der Waals surface area contributed by atoms with Crippen molar-refractivity contribution in [2.24, 2.45) is 5.92 Å². The molecule has 1 fully saturated rings. The average molecular weight is 229 g/mol. The molecule has 1 rings (SSSR count). The van der Waals surface area contributed by atoms with Gasteiger partial charge >= 0.3 is 0 Å². The Hall–Kier alpha value is 0.137. The van der Waals surface area contributed by atoms with E-state index in [0.717, 1.165) is 19.1 Å². The molecule has 1 saturated heterocycles. The Labute approximate surface area is 95.9 Å². The standard InChI is InChI=1S/C12H27NOSi/c1-10-7-11(13-8-10)9-14-15(5,6)12(2,3)4/h10-11,13H,7-9H2,1-6H3/t10-,11-/m0/s1. The van der Waals surface area contributed by atoms with E-state index in [1.165, 1.54) is 6.42 Å². The number of hydrogen-bond donors (Lipinski definition) is 1. The Kier molecular flexibility index (Phi) is 4.01. The highest BCUT2D eigenvalue weighted by molar-refractivity contribution is 6.74. The minimum absolute atomic E-state index is 0.331. The van der Waals surface area contributed by atoms with Crippen LogP contribution in [-0.4, -0.2) is 27.5 Å². The molecule has 0 saturated carbocycles. The Morgan fingerprint density at radius 1 is 1.33 bits per heavy atom. The lowest BCUT2D eigenvalue weighted by molar-refractivity contribution is 0.252. The number of rotatable bonds is 3. The molecule has 0 aliphatic carbocycles. The quantitative estimate of drug-likeness (QED) is 0.751.